The van der Waals surface area contributed by atoms with E-state index in [1.807, 2.05) is 0 Å². The summed E-state index contributed by atoms with van der Waals surface area (Å²) in [6.07, 6.45) is 0. The van der Waals surface area contributed by atoms with Crippen LogP contribution in [0.4, 0.5) is 0 Å². The van der Waals surface area contributed by atoms with Gasteiger partial charge >= 0.3 is 0 Å². The molecule has 3 nitrogen and oxygen atoms in total. The van der Waals surface area contributed by atoms with Gasteiger partial charge in [0.1, 0.15) is 0 Å². The largest absolute Gasteiger partial charge is 0.379 e. The SMILES string of the molecule is Cc1ccccc1CNCCN1CCOCC1. The molecule has 0 bridgehead atoms. The van der Waals surface area contributed by atoms with Gasteiger partial charge in [-0.3, -0.25) is 4.90 Å². The summed E-state index contributed by atoms with van der Waals surface area (Å²) in [6.45, 7) is 9.23. The van der Waals surface area contributed by atoms with Crippen molar-refractivity contribution in [3.8, 4) is 0 Å². The molecule has 17 heavy (non-hydrogen) atoms. The number of hydrogen-bond acceptors (Lipinski definition) is 3. The molecule has 0 amide bonds. The molecule has 94 valence electrons. The third kappa shape index (κ3) is 4.11. The van der Waals surface area contributed by atoms with E-state index in [9.17, 15) is 0 Å². The van der Waals surface area contributed by atoms with Crippen molar-refractivity contribution in [2.75, 3.05) is 39.4 Å². The molecule has 1 saturated heterocycles. The van der Waals surface area contributed by atoms with Crippen molar-refractivity contribution in [1.82, 2.24) is 10.2 Å². The molecule has 1 aliphatic heterocycles. The maximum absolute atomic E-state index is 5.33. The van der Waals surface area contributed by atoms with Crippen molar-refractivity contribution >= 4 is 0 Å². The fraction of sp³-hybridized carbons (Fsp3) is 0.571. The minimum atomic E-state index is 0.887. The summed E-state index contributed by atoms with van der Waals surface area (Å²) in [6, 6.07) is 8.55. The lowest BCUT2D eigenvalue weighted by Gasteiger charge is -2.26. The van der Waals surface area contributed by atoms with Crippen molar-refractivity contribution in [2.24, 2.45) is 0 Å². The molecule has 1 aromatic carbocycles. The zero-order valence-corrected chi connectivity index (χ0v) is 10.6. The van der Waals surface area contributed by atoms with E-state index in [2.05, 4.69) is 41.4 Å². The Morgan fingerprint density at radius 1 is 1.24 bits per heavy atom. The summed E-state index contributed by atoms with van der Waals surface area (Å²) in [5.74, 6) is 0. The molecular formula is C14H22N2O. The fourth-order valence-electron chi connectivity index (χ4n) is 2.09. The average Bonchev–Trinajstić information content (AvgIpc) is 2.38. The maximum Gasteiger partial charge on any atom is 0.0594 e. The molecule has 1 heterocycles. The summed E-state index contributed by atoms with van der Waals surface area (Å²) in [7, 11) is 0. The Kier molecular flexibility index (Phi) is 4.98. The molecule has 0 saturated carbocycles. The molecular weight excluding hydrogens is 212 g/mol. The summed E-state index contributed by atoms with van der Waals surface area (Å²) in [5, 5.41) is 3.51. The summed E-state index contributed by atoms with van der Waals surface area (Å²) < 4.78 is 5.33. The number of ether oxygens (including phenoxy) is 1. The van der Waals surface area contributed by atoms with Gasteiger partial charge in [0, 0.05) is 32.7 Å². The molecule has 0 aliphatic carbocycles. The van der Waals surface area contributed by atoms with Crippen LogP contribution in [-0.4, -0.2) is 44.3 Å². The minimum absolute atomic E-state index is 0.887. The monoisotopic (exact) mass is 234 g/mol. The fourth-order valence-corrected chi connectivity index (χ4v) is 2.09. The Balaban J connectivity index is 1.64. The van der Waals surface area contributed by atoms with Crippen LogP contribution in [-0.2, 0) is 11.3 Å². The molecule has 0 aromatic heterocycles. The van der Waals surface area contributed by atoms with Crippen LogP contribution >= 0.6 is 0 Å². The van der Waals surface area contributed by atoms with Gasteiger partial charge in [0.05, 0.1) is 13.2 Å². The highest BCUT2D eigenvalue weighted by atomic mass is 16.5. The minimum Gasteiger partial charge on any atom is -0.379 e. The number of aryl methyl sites for hydroxylation is 1. The second-order valence-electron chi connectivity index (χ2n) is 4.56. The van der Waals surface area contributed by atoms with Gasteiger partial charge in [-0.2, -0.15) is 0 Å². The van der Waals surface area contributed by atoms with Crippen LogP contribution in [0.25, 0.3) is 0 Å². The second kappa shape index (κ2) is 6.74. The van der Waals surface area contributed by atoms with Gasteiger partial charge in [0.15, 0.2) is 0 Å². The number of nitrogens with zero attached hydrogens (tertiary/aromatic N) is 1. The van der Waals surface area contributed by atoms with E-state index >= 15 is 0 Å². The third-order valence-corrected chi connectivity index (χ3v) is 3.29. The van der Waals surface area contributed by atoms with E-state index in [1.54, 1.807) is 0 Å². The highest BCUT2D eigenvalue weighted by Gasteiger charge is 2.08. The van der Waals surface area contributed by atoms with Crippen molar-refractivity contribution in [2.45, 2.75) is 13.5 Å². The van der Waals surface area contributed by atoms with E-state index in [0.717, 1.165) is 45.9 Å². The van der Waals surface area contributed by atoms with Crippen LogP contribution in [0.5, 0.6) is 0 Å². The van der Waals surface area contributed by atoms with Crippen molar-refractivity contribution in [3.05, 3.63) is 35.4 Å². The van der Waals surface area contributed by atoms with Crippen LogP contribution in [0.3, 0.4) is 0 Å². The quantitative estimate of drug-likeness (QED) is 0.780. The van der Waals surface area contributed by atoms with Crippen LogP contribution in [0.1, 0.15) is 11.1 Å². The van der Waals surface area contributed by atoms with Crippen molar-refractivity contribution in [1.29, 1.82) is 0 Å². The van der Waals surface area contributed by atoms with E-state index < -0.39 is 0 Å². The smallest absolute Gasteiger partial charge is 0.0594 e. The Morgan fingerprint density at radius 3 is 2.76 bits per heavy atom. The molecule has 3 heteroatoms. The Bertz CT molecular complexity index is 335. The Morgan fingerprint density at radius 2 is 2.00 bits per heavy atom. The first-order chi connectivity index (χ1) is 8.36. The average molecular weight is 234 g/mol. The lowest BCUT2D eigenvalue weighted by molar-refractivity contribution is 0.0384. The molecule has 0 unspecified atom stereocenters. The highest BCUT2D eigenvalue weighted by molar-refractivity contribution is 5.25. The van der Waals surface area contributed by atoms with Crippen molar-refractivity contribution in [3.63, 3.8) is 0 Å². The van der Waals surface area contributed by atoms with E-state index in [1.165, 1.54) is 11.1 Å². The lowest BCUT2D eigenvalue weighted by atomic mass is 10.1. The topological polar surface area (TPSA) is 24.5 Å². The summed E-state index contributed by atoms with van der Waals surface area (Å²) in [4.78, 5) is 2.45. The predicted molar refractivity (Wildman–Crippen MR) is 70.1 cm³/mol. The Hall–Kier alpha value is -0.900. The Labute approximate surface area is 104 Å². The molecule has 0 spiro atoms. The van der Waals surface area contributed by atoms with E-state index in [0.29, 0.717) is 0 Å². The first-order valence-electron chi connectivity index (χ1n) is 6.41. The van der Waals surface area contributed by atoms with Crippen LogP contribution in [0.2, 0.25) is 0 Å². The van der Waals surface area contributed by atoms with Crippen molar-refractivity contribution < 1.29 is 4.74 Å². The molecule has 2 rings (SSSR count). The molecule has 1 aromatic rings. The van der Waals surface area contributed by atoms with Gasteiger partial charge < -0.3 is 10.1 Å². The maximum atomic E-state index is 5.33. The molecule has 0 atom stereocenters. The standard InChI is InChI=1S/C14H22N2O/c1-13-4-2-3-5-14(13)12-15-6-7-16-8-10-17-11-9-16/h2-5,15H,6-12H2,1H3. The summed E-state index contributed by atoms with van der Waals surface area (Å²) in [5.41, 5.74) is 2.76. The molecule has 1 N–H and O–H groups in total. The second-order valence-corrected chi connectivity index (χ2v) is 4.56. The van der Waals surface area contributed by atoms with Gasteiger partial charge in [-0.15, -0.1) is 0 Å². The molecule has 1 aliphatic rings. The zero-order chi connectivity index (χ0) is 11.9. The number of morpholine rings is 1. The van der Waals surface area contributed by atoms with Crippen LogP contribution < -0.4 is 5.32 Å². The van der Waals surface area contributed by atoms with Crippen LogP contribution in [0.15, 0.2) is 24.3 Å². The highest BCUT2D eigenvalue weighted by Crippen LogP contribution is 2.05. The van der Waals surface area contributed by atoms with E-state index in [4.69, 9.17) is 4.74 Å². The zero-order valence-electron chi connectivity index (χ0n) is 10.6. The van der Waals surface area contributed by atoms with Gasteiger partial charge in [0.2, 0.25) is 0 Å². The van der Waals surface area contributed by atoms with Gasteiger partial charge in [-0.25, -0.2) is 0 Å². The summed E-state index contributed by atoms with van der Waals surface area (Å²) >= 11 is 0. The number of rotatable bonds is 5. The van der Waals surface area contributed by atoms with Crippen LogP contribution in [0, 0.1) is 6.92 Å². The van der Waals surface area contributed by atoms with Gasteiger partial charge in [0.25, 0.3) is 0 Å². The molecule has 1 fully saturated rings. The number of benzene rings is 1. The lowest BCUT2D eigenvalue weighted by Crippen LogP contribution is -2.40. The molecule has 0 radical (unpaired) electrons. The van der Waals surface area contributed by atoms with E-state index in [-0.39, 0.29) is 0 Å². The number of hydrogen-bond donors (Lipinski definition) is 1. The predicted octanol–water partition coefficient (Wildman–Crippen LogP) is 1.42. The van der Waals surface area contributed by atoms with Gasteiger partial charge in [-0.05, 0) is 18.1 Å². The third-order valence-electron chi connectivity index (χ3n) is 3.29. The van der Waals surface area contributed by atoms with Gasteiger partial charge in [-0.1, -0.05) is 24.3 Å². The number of nitrogens with one attached hydrogen (secondary N) is 1. The first-order valence-corrected chi connectivity index (χ1v) is 6.41. The first kappa shape index (κ1) is 12.6. The normalized spacial score (nSPS) is 17.2.